The quantitative estimate of drug-likeness (QED) is 0.204. The molecule has 2 aromatic carbocycles. The summed E-state index contributed by atoms with van der Waals surface area (Å²) in [6.45, 7) is 13.7. The fourth-order valence-corrected chi connectivity index (χ4v) is 6.94. The predicted molar refractivity (Wildman–Crippen MR) is 201 cm³/mol. The normalized spacial score (nSPS) is 18.2. The predicted octanol–water partition coefficient (Wildman–Crippen LogP) is 7.21. The summed E-state index contributed by atoms with van der Waals surface area (Å²) >= 11 is 3.52. The van der Waals surface area contributed by atoms with Crippen LogP contribution in [0.4, 0.5) is 35.2 Å². The highest BCUT2D eigenvalue weighted by molar-refractivity contribution is 9.10. The number of hydrogen-bond donors (Lipinski definition) is 2. The van der Waals surface area contributed by atoms with Gasteiger partial charge >= 0.3 is 12.2 Å². The van der Waals surface area contributed by atoms with E-state index in [1.807, 2.05) is 26.8 Å². The van der Waals surface area contributed by atoms with Crippen LogP contribution in [0.15, 0.2) is 59.5 Å². The number of alkyl halides is 3. The number of amides is 3. The molecule has 0 saturated carbocycles. The van der Waals surface area contributed by atoms with Gasteiger partial charge in [0.05, 0.1) is 48.2 Å². The minimum absolute atomic E-state index is 0.0116. The lowest BCUT2D eigenvalue weighted by molar-refractivity contribution is -0.124. The Kier molecular flexibility index (Phi) is 11.7. The van der Waals surface area contributed by atoms with E-state index in [4.69, 9.17) is 18.9 Å². The van der Waals surface area contributed by atoms with Crippen molar-refractivity contribution < 1.29 is 41.7 Å². The number of carbonyl (C=O) groups is 2. The Morgan fingerprint density at radius 1 is 1.13 bits per heavy atom. The number of carbonyl (C=O) groups excluding carboxylic acids is 2. The fourth-order valence-electron chi connectivity index (χ4n) is 6.60. The van der Waals surface area contributed by atoms with E-state index in [2.05, 4.69) is 48.0 Å². The second-order valence-corrected chi connectivity index (χ2v) is 14.9. The van der Waals surface area contributed by atoms with Gasteiger partial charge in [-0.25, -0.2) is 9.78 Å². The minimum Gasteiger partial charge on any atom is -0.489 e. The van der Waals surface area contributed by atoms with Crippen LogP contribution in [-0.4, -0.2) is 90.7 Å². The van der Waals surface area contributed by atoms with Gasteiger partial charge in [0.15, 0.2) is 5.82 Å². The van der Waals surface area contributed by atoms with Crippen LogP contribution in [0.2, 0.25) is 0 Å². The van der Waals surface area contributed by atoms with Gasteiger partial charge in [-0.2, -0.15) is 13.2 Å². The monoisotopic (exact) mass is 814 g/mol. The second-order valence-electron chi connectivity index (χ2n) is 14.0. The van der Waals surface area contributed by atoms with Gasteiger partial charge in [-0.1, -0.05) is 22.5 Å². The van der Waals surface area contributed by atoms with Crippen LogP contribution in [0.1, 0.15) is 42.7 Å². The fraction of sp³-hybridized carbons (Fsp3) is 0.421. The molecule has 16 heteroatoms. The van der Waals surface area contributed by atoms with Crippen LogP contribution < -0.4 is 25.0 Å². The van der Waals surface area contributed by atoms with Crippen molar-refractivity contribution in [1.82, 2.24) is 14.9 Å². The lowest BCUT2D eigenvalue weighted by Gasteiger charge is -2.44. The van der Waals surface area contributed by atoms with Gasteiger partial charge in [0.1, 0.15) is 36.6 Å². The Hall–Kier alpha value is -4.51. The number of nitrogens with zero attached hydrogens (tertiary/aromatic N) is 4. The first-order valence-electron chi connectivity index (χ1n) is 17.4. The summed E-state index contributed by atoms with van der Waals surface area (Å²) in [5.41, 5.74) is 1.76. The first-order valence-corrected chi connectivity index (χ1v) is 18.2. The van der Waals surface area contributed by atoms with E-state index in [0.717, 1.165) is 21.8 Å². The molecule has 4 heterocycles. The van der Waals surface area contributed by atoms with Gasteiger partial charge < -0.3 is 29.2 Å². The number of morpholine rings is 1. The molecule has 54 heavy (non-hydrogen) atoms. The molecule has 2 N–H and O–H groups in total. The molecule has 0 unspecified atom stereocenters. The Balaban J connectivity index is 1.02. The number of ether oxygens (including phenoxy) is 4. The molecule has 3 aromatic rings. The van der Waals surface area contributed by atoms with E-state index in [1.54, 1.807) is 24.1 Å². The number of halogens is 4. The molecule has 12 nitrogen and oxygen atoms in total. The molecule has 1 fully saturated rings. The zero-order chi connectivity index (χ0) is 38.8. The minimum atomic E-state index is -4.58. The van der Waals surface area contributed by atoms with Crippen molar-refractivity contribution in [2.24, 2.45) is 0 Å². The van der Waals surface area contributed by atoms with Gasteiger partial charge in [0.2, 0.25) is 0 Å². The molecule has 6 rings (SSSR count). The molecule has 0 spiro atoms. The number of rotatable bonds is 10. The highest BCUT2D eigenvalue weighted by Gasteiger charge is 2.42. The van der Waals surface area contributed by atoms with Gasteiger partial charge in [0.25, 0.3) is 5.91 Å². The van der Waals surface area contributed by atoms with Crippen LogP contribution in [0, 0.1) is 13.8 Å². The molecule has 1 atom stereocenters. The number of nitrogens with one attached hydrogen (secondary N) is 2. The van der Waals surface area contributed by atoms with Crippen LogP contribution in [0.3, 0.4) is 0 Å². The zero-order valence-electron chi connectivity index (χ0n) is 30.4. The van der Waals surface area contributed by atoms with Crippen molar-refractivity contribution >= 4 is 50.6 Å². The topological polar surface area (TPSA) is 127 Å². The number of aromatic nitrogens is 2. The number of fused-ring (bicyclic) bond motifs is 2. The zero-order valence-corrected chi connectivity index (χ0v) is 32.0. The van der Waals surface area contributed by atoms with Crippen LogP contribution in [0.5, 0.6) is 11.5 Å². The number of aryl methyl sites for hydroxylation is 3. The maximum absolute atomic E-state index is 13.9. The van der Waals surface area contributed by atoms with E-state index < -0.39 is 23.3 Å². The molecule has 3 aliphatic rings. The largest absolute Gasteiger partial charge is 0.489 e. The second kappa shape index (κ2) is 16.1. The van der Waals surface area contributed by atoms with Crippen molar-refractivity contribution in [3.05, 3.63) is 81.9 Å². The molecule has 288 valence electrons. The molecule has 0 bridgehead atoms. The summed E-state index contributed by atoms with van der Waals surface area (Å²) in [4.78, 5) is 38.5. The Morgan fingerprint density at radius 3 is 2.67 bits per heavy atom. The third-order valence-corrected chi connectivity index (χ3v) is 10.2. The summed E-state index contributed by atoms with van der Waals surface area (Å²) in [7, 11) is 0. The van der Waals surface area contributed by atoms with E-state index in [9.17, 15) is 22.8 Å². The third kappa shape index (κ3) is 9.22. The lowest BCUT2D eigenvalue weighted by Crippen LogP contribution is -2.52. The number of urea groups is 1. The number of anilines is 3. The summed E-state index contributed by atoms with van der Waals surface area (Å²) in [6.07, 6.45) is 0.141. The van der Waals surface area contributed by atoms with E-state index in [1.165, 1.54) is 18.3 Å². The highest BCUT2D eigenvalue weighted by atomic mass is 79.9. The smallest absolute Gasteiger partial charge is 0.417 e. The molecular formula is C38H42BrF3N6O6. The van der Waals surface area contributed by atoms with E-state index in [0.29, 0.717) is 67.6 Å². The Bertz CT molecular complexity index is 1950. The van der Waals surface area contributed by atoms with Crippen molar-refractivity contribution in [3.63, 3.8) is 0 Å². The summed E-state index contributed by atoms with van der Waals surface area (Å²) in [5.74, 6) is 0.366. The van der Waals surface area contributed by atoms with Gasteiger partial charge in [-0.05, 0) is 75.9 Å². The Morgan fingerprint density at radius 2 is 1.93 bits per heavy atom. The van der Waals surface area contributed by atoms with Crippen LogP contribution >= 0.6 is 15.9 Å². The average molecular weight is 816 g/mol. The van der Waals surface area contributed by atoms with Gasteiger partial charge in [-0.3, -0.25) is 20.0 Å². The maximum Gasteiger partial charge on any atom is 0.417 e. The SMILES string of the molecule is C=C1C=C(C(F)(F)F)c2cc3c(cc2O1)N(C(=O)COCCN1CCO[C@H](COc2cc(C)c(Br)cc2NC(=O)Nc2cnc(C)cn2)C1)C(C)(C)CC3. The van der Waals surface area contributed by atoms with Crippen molar-refractivity contribution in [1.29, 1.82) is 0 Å². The van der Waals surface area contributed by atoms with Gasteiger partial charge in [0, 0.05) is 41.3 Å². The molecule has 0 radical (unpaired) electrons. The van der Waals surface area contributed by atoms with Crippen LogP contribution in [-0.2, 0) is 20.7 Å². The van der Waals surface area contributed by atoms with Crippen molar-refractivity contribution in [2.75, 3.05) is 61.6 Å². The number of allylic oxidation sites excluding steroid dienone is 2. The molecule has 3 aliphatic heterocycles. The maximum atomic E-state index is 13.9. The molecule has 0 aliphatic carbocycles. The molecular weight excluding hydrogens is 773 g/mol. The standard InChI is InChI=1S/C38H42BrF3N6O6/c1-22-12-33(30(15-29(22)39)45-36(50)46-34-18-43-23(2)17-44-34)53-20-26-19-47(9-11-52-26)8-10-51-21-35(49)48-31-16-32-27(14-25(31)6-7-37(48,4)5)28(38(40,41)42)13-24(3)54-32/h12-18,26H,3,6-11,19-21H2,1-2,4-5H3,(H2,44,45,46,50)/t26-/m0/s1. The summed E-state index contributed by atoms with van der Waals surface area (Å²) in [6, 6.07) is 6.07. The molecule has 1 saturated heterocycles. The molecule has 1 aromatic heterocycles. The van der Waals surface area contributed by atoms with Crippen LogP contribution in [0.25, 0.3) is 5.57 Å². The third-order valence-electron chi connectivity index (χ3n) is 9.38. The average Bonchev–Trinajstić information content (AvgIpc) is 3.10. The lowest BCUT2D eigenvalue weighted by atomic mass is 9.84. The summed E-state index contributed by atoms with van der Waals surface area (Å²) in [5, 5.41) is 5.48. The van der Waals surface area contributed by atoms with Gasteiger partial charge in [-0.15, -0.1) is 0 Å². The van der Waals surface area contributed by atoms with E-state index in [-0.39, 0.29) is 48.9 Å². The van der Waals surface area contributed by atoms with Crippen molar-refractivity contribution in [3.8, 4) is 11.5 Å². The summed E-state index contributed by atoms with van der Waals surface area (Å²) < 4.78 is 66.0. The first-order chi connectivity index (χ1) is 25.6. The van der Waals surface area contributed by atoms with E-state index >= 15 is 0 Å². The highest BCUT2D eigenvalue weighted by Crippen LogP contribution is 2.47. The Labute approximate surface area is 319 Å². The first kappa shape index (κ1) is 39.2. The van der Waals surface area contributed by atoms with Crippen molar-refractivity contribution in [2.45, 2.75) is 58.4 Å². The molecule has 3 amide bonds. The number of hydrogen-bond acceptors (Lipinski definition) is 9. The number of benzene rings is 2.